The lowest BCUT2D eigenvalue weighted by atomic mass is 9.89. The van der Waals surface area contributed by atoms with Crippen molar-refractivity contribution in [1.82, 2.24) is 0 Å². The molecule has 0 aliphatic heterocycles. The van der Waals surface area contributed by atoms with Gasteiger partial charge in [0.15, 0.2) is 0 Å². The predicted octanol–water partition coefficient (Wildman–Crippen LogP) is 3.00. The zero-order chi connectivity index (χ0) is 15.4. The molecule has 3 atom stereocenters. The third-order valence-electron chi connectivity index (χ3n) is 3.58. The Balaban J connectivity index is 2.15. The predicted molar refractivity (Wildman–Crippen MR) is 78.6 cm³/mol. The van der Waals surface area contributed by atoms with Crippen LogP contribution in [0.3, 0.4) is 0 Å². The van der Waals surface area contributed by atoms with Gasteiger partial charge in [-0.1, -0.05) is 37.3 Å². The molecular weight excluding hydrogens is 270 g/mol. The lowest BCUT2D eigenvalue weighted by molar-refractivity contribution is -0.384. The molecule has 2 N–H and O–H groups in total. The molecular formula is C16H17NO4. The van der Waals surface area contributed by atoms with E-state index in [4.69, 9.17) is 0 Å². The summed E-state index contributed by atoms with van der Waals surface area (Å²) in [5.74, 6) is -0.436. The minimum atomic E-state index is -0.902. The van der Waals surface area contributed by atoms with Gasteiger partial charge in [0, 0.05) is 18.1 Å². The maximum absolute atomic E-state index is 10.6. The third-order valence-corrected chi connectivity index (χ3v) is 3.58. The number of nitro groups is 1. The van der Waals surface area contributed by atoms with Crippen molar-refractivity contribution in [1.29, 1.82) is 0 Å². The molecule has 2 aromatic carbocycles. The van der Waals surface area contributed by atoms with E-state index < -0.39 is 23.0 Å². The molecule has 0 amide bonds. The Morgan fingerprint density at radius 1 is 0.905 bits per heavy atom. The molecule has 110 valence electrons. The van der Waals surface area contributed by atoms with Gasteiger partial charge < -0.3 is 10.2 Å². The Hall–Kier alpha value is -2.24. The average Bonchev–Trinajstić information content (AvgIpc) is 2.53. The molecule has 0 heterocycles. The van der Waals surface area contributed by atoms with Crippen molar-refractivity contribution in [3.05, 3.63) is 75.8 Å². The van der Waals surface area contributed by atoms with E-state index in [1.165, 1.54) is 24.3 Å². The van der Waals surface area contributed by atoms with Crippen molar-refractivity contribution in [2.45, 2.75) is 19.1 Å². The Kier molecular flexibility index (Phi) is 4.67. The zero-order valence-electron chi connectivity index (χ0n) is 11.6. The van der Waals surface area contributed by atoms with E-state index in [1.54, 1.807) is 19.1 Å². The summed E-state index contributed by atoms with van der Waals surface area (Å²) < 4.78 is 0. The molecule has 0 fully saturated rings. The molecule has 21 heavy (non-hydrogen) atoms. The van der Waals surface area contributed by atoms with Crippen LogP contribution in [0.5, 0.6) is 0 Å². The fourth-order valence-corrected chi connectivity index (χ4v) is 2.22. The summed E-state index contributed by atoms with van der Waals surface area (Å²) >= 11 is 0. The first-order valence-corrected chi connectivity index (χ1v) is 6.66. The Labute approximate surface area is 122 Å². The van der Waals surface area contributed by atoms with Gasteiger partial charge in [0.1, 0.15) is 0 Å². The van der Waals surface area contributed by atoms with E-state index in [-0.39, 0.29) is 5.69 Å². The van der Waals surface area contributed by atoms with Gasteiger partial charge in [-0.05, 0) is 23.3 Å². The Morgan fingerprint density at radius 2 is 1.38 bits per heavy atom. The normalized spacial score (nSPS) is 15.2. The van der Waals surface area contributed by atoms with Crippen molar-refractivity contribution in [3.8, 4) is 0 Å². The largest absolute Gasteiger partial charge is 0.388 e. The molecule has 0 spiro atoms. The lowest BCUT2D eigenvalue weighted by Gasteiger charge is -2.24. The molecule has 0 bridgehead atoms. The van der Waals surface area contributed by atoms with Crippen molar-refractivity contribution in [2.24, 2.45) is 5.92 Å². The first-order valence-electron chi connectivity index (χ1n) is 6.66. The van der Waals surface area contributed by atoms with Crippen molar-refractivity contribution >= 4 is 5.69 Å². The van der Waals surface area contributed by atoms with E-state index in [2.05, 4.69) is 0 Å². The third kappa shape index (κ3) is 3.45. The fourth-order valence-electron chi connectivity index (χ4n) is 2.22. The number of hydrogen-bond donors (Lipinski definition) is 2. The van der Waals surface area contributed by atoms with Gasteiger partial charge in [0.2, 0.25) is 0 Å². The molecule has 0 saturated carbocycles. The second-order valence-corrected chi connectivity index (χ2v) is 5.01. The highest BCUT2D eigenvalue weighted by molar-refractivity contribution is 5.34. The maximum Gasteiger partial charge on any atom is 0.269 e. The number of rotatable bonds is 5. The van der Waals surface area contributed by atoms with Crippen LogP contribution in [0.1, 0.15) is 30.3 Å². The molecule has 5 nitrogen and oxygen atoms in total. The SMILES string of the molecule is C[C@@H]([C@H](O)c1ccccc1)[C@@H](O)c1ccc([N+](=O)[O-])cc1. The number of nitrogens with zero attached hydrogens (tertiary/aromatic N) is 1. The van der Waals surface area contributed by atoms with Crippen LogP contribution in [0.2, 0.25) is 0 Å². The summed E-state index contributed by atoms with van der Waals surface area (Å²) in [5, 5.41) is 31.2. The van der Waals surface area contributed by atoms with Gasteiger partial charge in [-0.3, -0.25) is 10.1 Å². The summed E-state index contributed by atoms with van der Waals surface area (Å²) in [5.41, 5.74) is 1.25. The van der Waals surface area contributed by atoms with Crippen LogP contribution in [0.25, 0.3) is 0 Å². The van der Waals surface area contributed by atoms with E-state index in [0.717, 1.165) is 5.56 Å². The summed E-state index contributed by atoms with van der Waals surface area (Å²) in [6.07, 6.45) is -1.71. The van der Waals surface area contributed by atoms with Gasteiger partial charge in [0.25, 0.3) is 5.69 Å². The van der Waals surface area contributed by atoms with Crippen LogP contribution in [0.15, 0.2) is 54.6 Å². The van der Waals surface area contributed by atoms with Crippen LogP contribution in [0.4, 0.5) is 5.69 Å². The number of nitro benzene ring substituents is 1. The molecule has 2 aromatic rings. The van der Waals surface area contributed by atoms with Gasteiger partial charge in [-0.15, -0.1) is 0 Å². The number of non-ortho nitro benzene ring substituents is 1. The molecule has 0 radical (unpaired) electrons. The minimum absolute atomic E-state index is 0.0257. The van der Waals surface area contributed by atoms with Gasteiger partial charge in [-0.2, -0.15) is 0 Å². The van der Waals surface area contributed by atoms with Gasteiger partial charge in [0.05, 0.1) is 17.1 Å². The smallest absolute Gasteiger partial charge is 0.269 e. The highest BCUT2D eigenvalue weighted by atomic mass is 16.6. The van der Waals surface area contributed by atoms with Crippen LogP contribution >= 0.6 is 0 Å². The van der Waals surface area contributed by atoms with Crippen molar-refractivity contribution in [2.75, 3.05) is 0 Å². The van der Waals surface area contributed by atoms with E-state index in [9.17, 15) is 20.3 Å². The molecule has 0 unspecified atom stereocenters. The summed E-state index contributed by atoms with van der Waals surface area (Å²) in [6, 6.07) is 14.8. The number of hydrogen-bond acceptors (Lipinski definition) is 4. The quantitative estimate of drug-likeness (QED) is 0.654. The fraction of sp³-hybridized carbons (Fsp3) is 0.250. The van der Waals surface area contributed by atoms with E-state index in [0.29, 0.717) is 5.56 Å². The number of aliphatic hydroxyl groups excluding tert-OH is 2. The van der Waals surface area contributed by atoms with Crippen molar-refractivity contribution in [3.63, 3.8) is 0 Å². The Bertz CT molecular complexity index is 597. The van der Waals surface area contributed by atoms with Crippen LogP contribution in [-0.4, -0.2) is 15.1 Å². The summed E-state index contributed by atoms with van der Waals surface area (Å²) in [7, 11) is 0. The first kappa shape index (κ1) is 15.2. The van der Waals surface area contributed by atoms with E-state index >= 15 is 0 Å². The zero-order valence-corrected chi connectivity index (χ0v) is 11.6. The standard InChI is InChI=1S/C16H17NO4/c1-11(15(18)12-5-3-2-4-6-12)16(19)13-7-9-14(10-8-13)17(20)21/h2-11,15-16,18-19H,1H3/t11-,15-,16+/m0/s1. The minimum Gasteiger partial charge on any atom is -0.388 e. The topological polar surface area (TPSA) is 83.6 Å². The Morgan fingerprint density at radius 3 is 1.86 bits per heavy atom. The van der Waals surface area contributed by atoms with Crippen molar-refractivity contribution < 1.29 is 15.1 Å². The second-order valence-electron chi connectivity index (χ2n) is 5.01. The highest BCUT2D eigenvalue weighted by Crippen LogP contribution is 2.32. The molecule has 5 heteroatoms. The van der Waals surface area contributed by atoms with Crippen LogP contribution in [0, 0.1) is 16.0 Å². The van der Waals surface area contributed by atoms with Gasteiger partial charge >= 0.3 is 0 Å². The number of benzene rings is 2. The molecule has 2 rings (SSSR count). The van der Waals surface area contributed by atoms with Gasteiger partial charge in [-0.25, -0.2) is 0 Å². The summed E-state index contributed by atoms with van der Waals surface area (Å²) in [6.45, 7) is 1.74. The number of aliphatic hydroxyl groups is 2. The van der Waals surface area contributed by atoms with Crippen LogP contribution < -0.4 is 0 Å². The average molecular weight is 287 g/mol. The molecule has 0 aliphatic rings. The highest BCUT2D eigenvalue weighted by Gasteiger charge is 2.25. The molecule has 0 aliphatic carbocycles. The van der Waals surface area contributed by atoms with E-state index in [1.807, 2.05) is 18.2 Å². The molecule has 0 saturated heterocycles. The second kappa shape index (κ2) is 6.47. The monoisotopic (exact) mass is 287 g/mol. The maximum atomic E-state index is 10.6. The first-order chi connectivity index (χ1) is 10.0. The molecule has 0 aromatic heterocycles. The lowest BCUT2D eigenvalue weighted by Crippen LogP contribution is -2.17. The van der Waals surface area contributed by atoms with Crippen LogP contribution in [-0.2, 0) is 0 Å². The summed E-state index contributed by atoms with van der Waals surface area (Å²) in [4.78, 5) is 10.1.